The fourth-order valence-corrected chi connectivity index (χ4v) is 1.89. The van der Waals surface area contributed by atoms with E-state index in [-0.39, 0.29) is 0 Å². The molecule has 0 saturated heterocycles. The summed E-state index contributed by atoms with van der Waals surface area (Å²) >= 11 is 0. The van der Waals surface area contributed by atoms with Gasteiger partial charge in [-0.1, -0.05) is 24.3 Å². The molecular weight excluding hydrogens is 228 g/mol. The molecule has 0 fully saturated rings. The van der Waals surface area contributed by atoms with Crippen LogP contribution >= 0.6 is 0 Å². The molecule has 0 aromatic heterocycles. The smallest absolute Gasteiger partial charge is 0.130 e. The van der Waals surface area contributed by atoms with Gasteiger partial charge in [0.25, 0.3) is 0 Å². The van der Waals surface area contributed by atoms with Crippen molar-refractivity contribution < 1.29 is 14.2 Å². The second-order valence-corrected chi connectivity index (χ2v) is 4.04. The molecule has 0 aliphatic rings. The van der Waals surface area contributed by atoms with E-state index in [1.807, 2.05) is 30.3 Å². The van der Waals surface area contributed by atoms with Crippen LogP contribution in [0.25, 0.3) is 10.8 Å². The van der Waals surface area contributed by atoms with Gasteiger partial charge in [0.05, 0.1) is 13.7 Å². The topological polar surface area (TPSA) is 27.7 Å². The molecule has 0 spiro atoms. The molecule has 0 bridgehead atoms. The third-order valence-corrected chi connectivity index (χ3v) is 2.78. The van der Waals surface area contributed by atoms with E-state index < -0.39 is 0 Å². The molecule has 0 aliphatic heterocycles. The van der Waals surface area contributed by atoms with E-state index in [1.54, 1.807) is 14.2 Å². The molecule has 0 unspecified atom stereocenters. The van der Waals surface area contributed by atoms with Gasteiger partial charge in [-0.3, -0.25) is 0 Å². The van der Waals surface area contributed by atoms with Gasteiger partial charge in [-0.15, -0.1) is 0 Å². The second kappa shape index (κ2) is 6.26. The Bertz CT molecular complexity index is 508. The third-order valence-electron chi connectivity index (χ3n) is 2.78. The van der Waals surface area contributed by atoms with Crippen LogP contribution in [0.15, 0.2) is 36.4 Å². The Hall–Kier alpha value is -1.74. The maximum atomic E-state index is 5.70. The standard InChI is InChI=1S/C15H18O3/c1-16-8-5-9-18-13-10-12-6-3-4-7-14(12)15(11-13)17-2/h3-4,6-7,10-11H,5,8-9H2,1-2H3. The largest absolute Gasteiger partial charge is 0.496 e. The molecule has 0 atom stereocenters. The first-order valence-electron chi connectivity index (χ1n) is 6.03. The van der Waals surface area contributed by atoms with Gasteiger partial charge in [0.1, 0.15) is 11.5 Å². The van der Waals surface area contributed by atoms with Crippen molar-refractivity contribution >= 4 is 10.8 Å². The van der Waals surface area contributed by atoms with Gasteiger partial charge in [-0.25, -0.2) is 0 Å². The fourth-order valence-electron chi connectivity index (χ4n) is 1.89. The molecular formula is C15H18O3. The summed E-state index contributed by atoms with van der Waals surface area (Å²) in [4.78, 5) is 0. The van der Waals surface area contributed by atoms with E-state index in [4.69, 9.17) is 14.2 Å². The molecule has 2 aromatic carbocycles. The van der Waals surface area contributed by atoms with Gasteiger partial charge in [-0.2, -0.15) is 0 Å². The highest BCUT2D eigenvalue weighted by Gasteiger charge is 2.04. The monoisotopic (exact) mass is 246 g/mol. The van der Waals surface area contributed by atoms with Crippen molar-refractivity contribution in [3.63, 3.8) is 0 Å². The molecule has 2 aromatic rings. The molecule has 0 radical (unpaired) electrons. The number of rotatable bonds is 6. The summed E-state index contributed by atoms with van der Waals surface area (Å²) in [5.74, 6) is 1.68. The normalized spacial score (nSPS) is 10.6. The first-order chi connectivity index (χ1) is 8.85. The second-order valence-electron chi connectivity index (χ2n) is 4.04. The van der Waals surface area contributed by atoms with Crippen molar-refractivity contribution in [3.05, 3.63) is 36.4 Å². The number of hydrogen-bond donors (Lipinski definition) is 0. The van der Waals surface area contributed by atoms with Crippen molar-refractivity contribution in [3.8, 4) is 11.5 Å². The number of benzene rings is 2. The van der Waals surface area contributed by atoms with Gasteiger partial charge in [-0.05, 0) is 11.5 Å². The Morgan fingerprint density at radius 2 is 1.83 bits per heavy atom. The summed E-state index contributed by atoms with van der Waals surface area (Å²) < 4.78 is 16.1. The van der Waals surface area contributed by atoms with Gasteiger partial charge < -0.3 is 14.2 Å². The Balaban J connectivity index is 2.18. The predicted octanol–water partition coefficient (Wildman–Crippen LogP) is 3.26. The molecule has 0 amide bonds. The van der Waals surface area contributed by atoms with Crippen LogP contribution in [-0.2, 0) is 4.74 Å². The maximum Gasteiger partial charge on any atom is 0.130 e. The lowest BCUT2D eigenvalue weighted by atomic mass is 10.1. The SMILES string of the molecule is COCCCOc1cc(OC)c2ccccc2c1. The molecule has 3 heteroatoms. The van der Waals surface area contributed by atoms with Crippen LogP contribution in [0.3, 0.4) is 0 Å². The van der Waals surface area contributed by atoms with Gasteiger partial charge in [0, 0.05) is 31.6 Å². The highest BCUT2D eigenvalue weighted by Crippen LogP contribution is 2.30. The Labute approximate surface area is 107 Å². The van der Waals surface area contributed by atoms with Crippen molar-refractivity contribution in [1.29, 1.82) is 0 Å². The zero-order valence-electron chi connectivity index (χ0n) is 10.8. The van der Waals surface area contributed by atoms with Crippen molar-refractivity contribution in [2.75, 3.05) is 27.4 Å². The molecule has 0 heterocycles. The molecule has 18 heavy (non-hydrogen) atoms. The van der Waals surface area contributed by atoms with Crippen LogP contribution in [0.5, 0.6) is 11.5 Å². The van der Waals surface area contributed by atoms with E-state index in [2.05, 4.69) is 6.07 Å². The summed E-state index contributed by atoms with van der Waals surface area (Å²) in [6.07, 6.45) is 0.881. The number of ether oxygens (including phenoxy) is 3. The Morgan fingerprint density at radius 1 is 1.00 bits per heavy atom. The van der Waals surface area contributed by atoms with Gasteiger partial charge in [0.15, 0.2) is 0 Å². The quantitative estimate of drug-likeness (QED) is 0.732. The van der Waals surface area contributed by atoms with Gasteiger partial charge in [0.2, 0.25) is 0 Å². The van der Waals surface area contributed by atoms with E-state index in [0.717, 1.165) is 28.7 Å². The van der Waals surface area contributed by atoms with E-state index in [0.29, 0.717) is 13.2 Å². The van der Waals surface area contributed by atoms with Crippen LogP contribution in [0.2, 0.25) is 0 Å². The van der Waals surface area contributed by atoms with E-state index >= 15 is 0 Å². The summed E-state index contributed by atoms with van der Waals surface area (Å²) in [6.45, 7) is 1.36. The lowest BCUT2D eigenvalue weighted by molar-refractivity contribution is 0.172. The molecule has 3 nitrogen and oxygen atoms in total. The summed E-state index contributed by atoms with van der Waals surface area (Å²) in [6, 6.07) is 12.1. The minimum Gasteiger partial charge on any atom is -0.496 e. The van der Waals surface area contributed by atoms with Crippen LogP contribution in [-0.4, -0.2) is 27.4 Å². The predicted molar refractivity (Wildman–Crippen MR) is 72.5 cm³/mol. The summed E-state index contributed by atoms with van der Waals surface area (Å²) in [5.41, 5.74) is 0. The minimum absolute atomic E-state index is 0.648. The molecule has 0 N–H and O–H groups in total. The molecule has 0 aliphatic carbocycles. The highest BCUT2D eigenvalue weighted by molar-refractivity contribution is 5.89. The average molecular weight is 246 g/mol. The summed E-state index contributed by atoms with van der Waals surface area (Å²) in [5, 5.41) is 2.22. The third kappa shape index (κ3) is 2.93. The Morgan fingerprint density at radius 3 is 2.61 bits per heavy atom. The number of hydrogen-bond acceptors (Lipinski definition) is 3. The number of fused-ring (bicyclic) bond motifs is 1. The molecule has 2 rings (SSSR count). The Kier molecular flexibility index (Phi) is 4.42. The minimum atomic E-state index is 0.648. The van der Waals surface area contributed by atoms with E-state index in [9.17, 15) is 0 Å². The van der Waals surface area contributed by atoms with Crippen LogP contribution < -0.4 is 9.47 Å². The number of methoxy groups -OCH3 is 2. The fraction of sp³-hybridized carbons (Fsp3) is 0.333. The van der Waals surface area contributed by atoms with Crippen LogP contribution in [0, 0.1) is 0 Å². The maximum absolute atomic E-state index is 5.70. The lowest BCUT2D eigenvalue weighted by Crippen LogP contribution is -2.01. The van der Waals surface area contributed by atoms with E-state index in [1.165, 1.54) is 0 Å². The molecule has 0 saturated carbocycles. The average Bonchev–Trinajstić information content (AvgIpc) is 2.42. The summed E-state index contributed by atoms with van der Waals surface area (Å²) in [7, 11) is 3.37. The van der Waals surface area contributed by atoms with Crippen molar-refractivity contribution in [2.24, 2.45) is 0 Å². The zero-order chi connectivity index (χ0) is 12.8. The van der Waals surface area contributed by atoms with Gasteiger partial charge >= 0.3 is 0 Å². The highest BCUT2D eigenvalue weighted by atomic mass is 16.5. The zero-order valence-corrected chi connectivity index (χ0v) is 10.8. The lowest BCUT2D eigenvalue weighted by Gasteiger charge is -2.10. The first kappa shape index (κ1) is 12.7. The first-order valence-corrected chi connectivity index (χ1v) is 6.03. The van der Waals surface area contributed by atoms with Crippen molar-refractivity contribution in [1.82, 2.24) is 0 Å². The van der Waals surface area contributed by atoms with Crippen LogP contribution in [0.4, 0.5) is 0 Å². The van der Waals surface area contributed by atoms with Crippen LogP contribution in [0.1, 0.15) is 6.42 Å². The van der Waals surface area contributed by atoms with Crippen molar-refractivity contribution in [2.45, 2.75) is 6.42 Å². The molecule has 96 valence electrons.